The first kappa shape index (κ1) is 16.8. The summed E-state index contributed by atoms with van der Waals surface area (Å²) in [5.41, 5.74) is 0.134. The molecule has 4 heteroatoms. The maximum absolute atomic E-state index is 11.2. The zero-order valence-corrected chi connectivity index (χ0v) is 13.6. The molecule has 0 spiro atoms. The van der Waals surface area contributed by atoms with E-state index in [0.717, 1.165) is 25.7 Å². The summed E-state index contributed by atoms with van der Waals surface area (Å²) in [6, 6.07) is 3.46. The van der Waals surface area contributed by atoms with E-state index in [4.69, 9.17) is 4.74 Å². The Morgan fingerprint density at radius 1 is 1.32 bits per heavy atom. The van der Waals surface area contributed by atoms with Crippen LogP contribution in [-0.4, -0.2) is 28.7 Å². The van der Waals surface area contributed by atoms with Gasteiger partial charge >= 0.3 is 0 Å². The van der Waals surface area contributed by atoms with Crippen LogP contribution in [-0.2, 0) is 0 Å². The van der Waals surface area contributed by atoms with Gasteiger partial charge in [-0.05, 0) is 57.1 Å². The van der Waals surface area contributed by atoms with E-state index in [2.05, 4.69) is 0 Å². The van der Waals surface area contributed by atoms with Crippen molar-refractivity contribution in [2.45, 2.75) is 52.1 Å². The molecule has 0 aromatic heterocycles. The number of rotatable bonds is 5. The van der Waals surface area contributed by atoms with Crippen molar-refractivity contribution in [1.82, 2.24) is 0 Å². The molecule has 1 fully saturated rings. The van der Waals surface area contributed by atoms with E-state index < -0.39 is 5.60 Å². The third-order valence-electron chi connectivity index (χ3n) is 4.77. The second kappa shape index (κ2) is 6.69. The number of carbonyl (C=O) groups excluding carboxylic acids is 1. The number of ether oxygens (including phenoxy) is 1. The molecule has 2 N–H and O–H groups in total. The van der Waals surface area contributed by atoms with Crippen molar-refractivity contribution in [3.63, 3.8) is 0 Å². The van der Waals surface area contributed by atoms with Crippen LogP contribution in [0.15, 0.2) is 12.1 Å². The molecule has 2 atom stereocenters. The third-order valence-corrected chi connectivity index (χ3v) is 4.77. The summed E-state index contributed by atoms with van der Waals surface area (Å²) in [5, 5.41) is 20.3. The highest BCUT2D eigenvalue weighted by Gasteiger charge is 2.36. The summed E-state index contributed by atoms with van der Waals surface area (Å²) in [6.07, 6.45) is 4.92. The van der Waals surface area contributed by atoms with Gasteiger partial charge in [-0.1, -0.05) is 18.9 Å². The molecule has 0 heterocycles. The number of phenols is 1. The highest BCUT2D eigenvalue weighted by Crippen LogP contribution is 2.38. The Kier molecular flexibility index (Phi) is 5.12. The predicted molar refractivity (Wildman–Crippen MR) is 85.5 cm³/mol. The first-order chi connectivity index (χ1) is 10.3. The quantitative estimate of drug-likeness (QED) is 0.817. The fraction of sp³-hybridized carbons (Fsp3) is 0.611. The molecule has 0 radical (unpaired) electrons. The second-order valence-corrected chi connectivity index (χ2v) is 6.88. The van der Waals surface area contributed by atoms with Crippen LogP contribution in [0.2, 0.25) is 0 Å². The van der Waals surface area contributed by atoms with E-state index in [0.29, 0.717) is 24.2 Å². The summed E-state index contributed by atoms with van der Waals surface area (Å²) in [6.45, 7) is 5.91. The van der Waals surface area contributed by atoms with Gasteiger partial charge in [-0.2, -0.15) is 0 Å². The Morgan fingerprint density at radius 3 is 2.64 bits per heavy atom. The van der Waals surface area contributed by atoms with Gasteiger partial charge in [0.2, 0.25) is 0 Å². The molecule has 2 unspecified atom stereocenters. The Hall–Kier alpha value is -1.55. The molecule has 1 aliphatic rings. The first-order valence-electron chi connectivity index (χ1n) is 7.97. The fourth-order valence-electron chi connectivity index (χ4n) is 3.47. The molecule has 1 aromatic rings. The molecule has 0 bridgehead atoms. The lowest BCUT2D eigenvalue weighted by Crippen LogP contribution is -2.40. The van der Waals surface area contributed by atoms with Gasteiger partial charge in [-0.25, -0.2) is 0 Å². The van der Waals surface area contributed by atoms with E-state index in [1.807, 2.05) is 13.8 Å². The maximum atomic E-state index is 11.2. The topological polar surface area (TPSA) is 66.8 Å². The third kappa shape index (κ3) is 3.61. The molecule has 4 nitrogen and oxygen atoms in total. The molecule has 1 aliphatic carbocycles. The number of hydrogen-bond acceptors (Lipinski definition) is 4. The smallest absolute Gasteiger partial charge is 0.157 e. The van der Waals surface area contributed by atoms with Gasteiger partial charge in [0.15, 0.2) is 6.29 Å². The molecular formula is C18H26O4. The molecule has 122 valence electrons. The molecule has 0 aliphatic heterocycles. The van der Waals surface area contributed by atoms with Gasteiger partial charge in [-0.15, -0.1) is 0 Å². The van der Waals surface area contributed by atoms with Gasteiger partial charge in [0, 0.05) is 0 Å². The van der Waals surface area contributed by atoms with Crippen molar-refractivity contribution in [2.24, 2.45) is 11.8 Å². The van der Waals surface area contributed by atoms with Crippen LogP contribution in [0.5, 0.6) is 11.5 Å². The summed E-state index contributed by atoms with van der Waals surface area (Å²) in [7, 11) is 0. The van der Waals surface area contributed by atoms with Crippen molar-refractivity contribution >= 4 is 6.29 Å². The number of phenolic OH excluding ortho intramolecular Hbond substituents is 1. The molecule has 1 saturated carbocycles. The summed E-state index contributed by atoms with van der Waals surface area (Å²) in [5.74, 6) is 0.852. The van der Waals surface area contributed by atoms with E-state index in [1.165, 1.54) is 0 Å². The van der Waals surface area contributed by atoms with Crippen LogP contribution in [0.3, 0.4) is 0 Å². The number of aromatic hydroxyl groups is 1. The lowest BCUT2D eigenvalue weighted by atomic mass is 9.72. The van der Waals surface area contributed by atoms with Gasteiger partial charge in [0.1, 0.15) is 11.5 Å². The summed E-state index contributed by atoms with van der Waals surface area (Å²) in [4.78, 5) is 11.2. The van der Waals surface area contributed by atoms with Crippen LogP contribution in [0.4, 0.5) is 0 Å². The van der Waals surface area contributed by atoms with Crippen molar-refractivity contribution in [1.29, 1.82) is 0 Å². The average molecular weight is 306 g/mol. The number of aryl methyl sites for hydroxylation is 1. The standard InChI is InChI=1S/C18H26O4/c1-12-8-9-16(14(10-19)17(12)20)22-11-13-6-4-5-7-15(13)18(2,3)21/h8-10,13,15,20-21H,4-7,11H2,1-3H3. The average Bonchev–Trinajstić information content (AvgIpc) is 2.48. The molecular weight excluding hydrogens is 280 g/mol. The van der Waals surface area contributed by atoms with E-state index >= 15 is 0 Å². The lowest BCUT2D eigenvalue weighted by molar-refractivity contribution is -0.0378. The maximum Gasteiger partial charge on any atom is 0.157 e. The van der Waals surface area contributed by atoms with Gasteiger partial charge in [-0.3, -0.25) is 4.79 Å². The van der Waals surface area contributed by atoms with Gasteiger partial charge in [0.05, 0.1) is 17.8 Å². The summed E-state index contributed by atoms with van der Waals surface area (Å²) < 4.78 is 5.83. The SMILES string of the molecule is Cc1ccc(OCC2CCCCC2C(C)(C)O)c(C=O)c1O. The number of hydrogen-bond donors (Lipinski definition) is 2. The highest BCUT2D eigenvalue weighted by atomic mass is 16.5. The largest absolute Gasteiger partial charge is 0.507 e. The second-order valence-electron chi connectivity index (χ2n) is 6.88. The van der Waals surface area contributed by atoms with Crippen LogP contribution in [0, 0.1) is 18.8 Å². The van der Waals surface area contributed by atoms with Crippen molar-refractivity contribution in [2.75, 3.05) is 6.61 Å². The normalized spacial score (nSPS) is 22.4. The zero-order valence-electron chi connectivity index (χ0n) is 13.6. The minimum Gasteiger partial charge on any atom is -0.507 e. The van der Waals surface area contributed by atoms with Crippen molar-refractivity contribution in [3.8, 4) is 11.5 Å². The first-order valence-corrected chi connectivity index (χ1v) is 7.97. The van der Waals surface area contributed by atoms with Gasteiger partial charge in [0.25, 0.3) is 0 Å². The zero-order chi connectivity index (χ0) is 16.3. The highest BCUT2D eigenvalue weighted by molar-refractivity contribution is 5.84. The molecule has 1 aromatic carbocycles. The molecule has 0 amide bonds. The van der Waals surface area contributed by atoms with E-state index in [1.54, 1.807) is 19.1 Å². The minimum atomic E-state index is -0.725. The Labute approximate surface area is 132 Å². The number of carbonyl (C=O) groups is 1. The van der Waals surface area contributed by atoms with Crippen molar-refractivity contribution < 1.29 is 19.7 Å². The minimum absolute atomic E-state index is 0.0183. The number of aliphatic hydroxyl groups is 1. The van der Waals surface area contributed by atoms with Crippen molar-refractivity contribution in [3.05, 3.63) is 23.3 Å². The molecule has 22 heavy (non-hydrogen) atoms. The van der Waals surface area contributed by atoms with Crippen LogP contribution >= 0.6 is 0 Å². The van der Waals surface area contributed by atoms with E-state index in [9.17, 15) is 15.0 Å². The number of aldehydes is 1. The number of benzene rings is 1. The van der Waals surface area contributed by atoms with E-state index in [-0.39, 0.29) is 23.1 Å². The van der Waals surface area contributed by atoms with Crippen LogP contribution in [0.25, 0.3) is 0 Å². The van der Waals surface area contributed by atoms with Gasteiger partial charge < -0.3 is 14.9 Å². The fourth-order valence-corrected chi connectivity index (χ4v) is 3.47. The van der Waals surface area contributed by atoms with Crippen LogP contribution < -0.4 is 4.74 Å². The summed E-state index contributed by atoms with van der Waals surface area (Å²) >= 11 is 0. The molecule has 2 rings (SSSR count). The predicted octanol–water partition coefficient (Wildman–Crippen LogP) is 3.47. The molecule has 0 saturated heterocycles. The monoisotopic (exact) mass is 306 g/mol. The lowest BCUT2D eigenvalue weighted by Gasteiger charge is -2.39. The Morgan fingerprint density at radius 2 is 2.00 bits per heavy atom. The van der Waals surface area contributed by atoms with Crippen LogP contribution in [0.1, 0.15) is 55.5 Å². The Balaban J connectivity index is 2.12. The Bertz CT molecular complexity index is 531.